The fourth-order valence-electron chi connectivity index (χ4n) is 3.73. The maximum absolute atomic E-state index is 13.0. The highest BCUT2D eigenvalue weighted by molar-refractivity contribution is 8.45. The van der Waals surface area contributed by atoms with E-state index in [0.717, 1.165) is 32.1 Å². The minimum absolute atomic E-state index is 0.0490. The average molecular weight is 506 g/mol. The van der Waals surface area contributed by atoms with Gasteiger partial charge in [-0.05, 0) is 94.2 Å². The molecule has 3 rings (SSSR count). The van der Waals surface area contributed by atoms with Crippen LogP contribution < -0.4 is 9.64 Å². The van der Waals surface area contributed by atoms with Crippen LogP contribution in [0.2, 0.25) is 0 Å². The van der Waals surface area contributed by atoms with Gasteiger partial charge in [-0.2, -0.15) is 0 Å². The Morgan fingerprint density at radius 3 is 2.29 bits per heavy atom. The molecule has 0 atom stereocenters. The van der Waals surface area contributed by atoms with Gasteiger partial charge in [0.25, 0.3) is 0 Å². The first-order valence-electron chi connectivity index (χ1n) is 10.9. The Balaban J connectivity index is 1.66. The molecule has 1 aliphatic heterocycles. The Bertz CT molecular complexity index is 1050. The Morgan fingerprint density at radius 1 is 1.09 bits per heavy atom. The van der Waals surface area contributed by atoms with Gasteiger partial charge in [-0.1, -0.05) is 19.4 Å². The van der Waals surface area contributed by atoms with Gasteiger partial charge in [-0.15, -0.1) is 0 Å². The number of benzene rings is 2. The molecule has 0 spiro atoms. The number of hydrogen-bond acceptors (Lipinski definition) is 4. The third kappa shape index (κ3) is 6.92. The van der Waals surface area contributed by atoms with Crippen LogP contribution in [-0.2, 0) is 4.79 Å². The summed E-state index contributed by atoms with van der Waals surface area (Å²) < 4.78 is 70.9. The third-order valence-electron chi connectivity index (χ3n) is 5.55. The highest BCUT2D eigenvalue weighted by Gasteiger charge is 2.65. The van der Waals surface area contributed by atoms with Crippen LogP contribution in [0, 0.1) is 6.92 Å². The number of hydrogen-bond donors (Lipinski definition) is 0. The van der Waals surface area contributed by atoms with E-state index in [-0.39, 0.29) is 17.1 Å². The van der Waals surface area contributed by atoms with Gasteiger partial charge in [0.05, 0.1) is 18.0 Å². The van der Waals surface area contributed by atoms with Gasteiger partial charge >= 0.3 is 10.2 Å². The lowest BCUT2D eigenvalue weighted by molar-refractivity contribution is -0.106. The van der Waals surface area contributed by atoms with E-state index >= 15 is 0 Å². The van der Waals surface area contributed by atoms with Crippen LogP contribution in [0.1, 0.15) is 31.7 Å². The number of likely N-dealkylation sites (tertiary alicyclic amines) is 1. The van der Waals surface area contributed by atoms with Crippen molar-refractivity contribution in [2.75, 3.05) is 31.1 Å². The van der Waals surface area contributed by atoms with Crippen LogP contribution in [0.5, 0.6) is 5.75 Å². The summed E-state index contributed by atoms with van der Waals surface area (Å²) in [5, 5.41) is 0. The smallest absolute Gasteiger partial charge is 0.310 e. The molecular weight excluding hydrogens is 477 g/mol. The van der Waals surface area contributed by atoms with Crippen molar-refractivity contribution in [3.05, 3.63) is 48.0 Å². The summed E-state index contributed by atoms with van der Waals surface area (Å²) in [5.74, 6) is 0.811. The first kappa shape index (κ1) is 26.0. The molecule has 0 saturated carbocycles. The van der Waals surface area contributed by atoms with Crippen LogP contribution in [0.3, 0.4) is 0 Å². The lowest BCUT2D eigenvalue weighted by Crippen LogP contribution is -2.26. The van der Waals surface area contributed by atoms with E-state index in [1.807, 2.05) is 0 Å². The molecule has 2 aromatic rings. The van der Waals surface area contributed by atoms with E-state index in [4.69, 9.17) is 4.74 Å². The highest BCUT2D eigenvalue weighted by atomic mass is 32.5. The Morgan fingerprint density at radius 2 is 1.74 bits per heavy atom. The van der Waals surface area contributed by atoms with Crippen molar-refractivity contribution in [2.24, 2.45) is 4.99 Å². The van der Waals surface area contributed by atoms with Gasteiger partial charge in [0, 0.05) is 6.54 Å². The number of anilines is 1. The van der Waals surface area contributed by atoms with Crippen molar-refractivity contribution in [2.45, 2.75) is 38.0 Å². The van der Waals surface area contributed by atoms with E-state index < -0.39 is 15.1 Å². The molecule has 0 aliphatic carbocycles. The number of aliphatic imine (C=N–C) groups is 1. The topological polar surface area (TPSA) is 45.1 Å². The van der Waals surface area contributed by atoms with Gasteiger partial charge in [0.2, 0.25) is 6.41 Å². The summed E-state index contributed by atoms with van der Waals surface area (Å²) in [6, 6.07) is 8.29. The minimum atomic E-state index is -9.78. The second kappa shape index (κ2) is 9.18. The largest absolute Gasteiger partial charge is 0.494 e. The predicted octanol–water partition coefficient (Wildman–Crippen LogP) is 7.23. The first-order valence-corrected chi connectivity index (χ1v) is 12.8. The van der Waals surface area contributed by atoms with Crippen LogP contribution in [0.25, 0.3) is 0 Å². The standard InChI is InChI=1S/C23H28F5N3O2S/c1-18-16-22(34(24,25,26,27)28)10-11-23(18)29-19(2)31(17-32)20-6-8-21(9-7-20)33-15-5-14-30-12-3-4-13-30/h6-11,16-17H,3-5,12-15H2,1-2H3. The second-order valence-electron chi connectivity index (χ2n) is 8.30. The fourth-order valence-corrected chi connectivity index (χ4v) is 4.46. The molecule has 1 heterocycles. The van der Waals surface area contributed by atoms with Gasteiger partial charge in [0.15, 0.2) is 0 Å². The number of amides is 1. The van der Waals surface area contributed by atoms with E-state index in [9.17, 15) is 24.2 Å². The van der Waals surface area contributed by atoms with Crippen molar-refractivity contribution < 1.29 is 29.0 Å². The molecular formula is C23H28F5N3O2S. The van der Waals surface area contributed by atoms with E-state index in [1.54, 1.807) is 24.3 Å². The lowest BCUT2D eigenvalue weighted by Gasteiger charge is -2.40. The van der Waals surface area contributed by atoms with E-state index in [0.29, 0.717) is 36.6 Å². The molecule has 2 aromatic carbocycles. The monoisotopic (exact) mass is 505 g/mol. The average Bonchev–Trinajstić information content (AvgIpc) is 3.26. The van der Waals surface area contributed by atoms with Gasteiger partial charge in [-0.25, -0.2) is 4.99 Å². The van der Waals surface area contributed by atoms with Gasteiger partial charge < -0.3 is 9.64 Å². The van der Waals surface area contributed by atoms with Crippen LogP contribution in [0.15, 0.2) is 52.4 Å². The molecule has 0 unspecified atom stereocenters. The van der Waals surface area contributed by atoms with Crippen molar-refractivity contribution in [1.82, 2.24) is 4.90 Å². The Kier molecular flexibility index (Phi) is 7.01. The van der Waals surface area contributed by atoms with Crippen LogP contribution in [0.4, 0.5) is 30.8 Å². The Labute approximate surface area is 195 Å². The normalized spacial score (nSPS) is 17.2. The minimum Gasteiger partial charge on any atom is -0.494 e. The van der Waals surface area contributed by atoms with Crippen molar-refractivity contribution >= 4 is 33.8 Å². The highest BCUT2D eigenvalue weighted by Crippen LogP contribution is 3.02. The maximum Gasteiger partial charge on any atom is 0.310 e. The summed E-state index contributed by atoms with van der Waals surface area (Å²) in [5.41, 5.74) is 0.434. The second-order valence-corrected chi connectivity index (χ2v) is 10.7. The number of carbonyl (C=O) groups is 1. The third-order valence-corrected chi connectivity index (χ3v) is 6.70. The quantitative estimate of drug-likeness (QED) is 0.119. The zero-order valence-electron chi connectivity index (χ0n) is 19.0. The number of aryl methyl sites for hydroxylation is 1. The molecule has 1 amide bonds. The van der Waals surface area contributed by atoms with E-state index in [2.05, 4.69) is 9.89 Å². The van der Waals surface area contributed by atoms with Crippen molar-refractivity contribution in [3.63, 3.8) is 0 Å². The van der Waals surface area contributed by atoms with Gasteiger partial charge in [0.1, 0.15) is 16.5 Å². The predicted molar refractivity (Wildman–Crippen MR) is 126 cm³/mol. The Hall–Kier alpha value is -2.66. The van der Waals surface area contributed by atoms with E-state index in [1.165, 1.54) is 31.6 Å². The first-order chi connectivity index (χ1) is 15.8. The number of carbonyl (C=O) groups excluding carboxylic acids is 1. The molecule has 0 N–H and O–H groups in total. The lowest BCUT2D eigenvalue weighted by atomic mass is 10.2. The molecule has 188 valence electrons. The number of rotatable bonds is 9. The maximum atomic E-state index is 13.0. The summed E-state index contributed by atoms with van der Waals surface area (Å²) in [7, 11) is -9.78. The number of nitrogens with zero attached hydrogens (tertiary/aromatic N) is 3. The summed E-state index contributed by atoms with van der Waals surface area (Å²) in [4.78, 5) is 17.5. The summed E-state index contributed by atoms with van der Waals surface area (Å²) in [6.07, 6.45) is 3.92. The number of amidine groups is 1. The molecule has 1 aliphatic rings. The summed E-state index contributed by atoms with van der Waals surface area (Å²) >= 11 is 0. The van der Waals surface area contributed by atoms with Crippen molar-refractivity contribution in [1.29, 1.82) is 0 Å². The van der Waals surface area contributed by atoms with Crippen LogP contribution >= 0.6 is 10.2 Å². The molecule has 0 radical (unpaired) electrons. The zero-order chi connectivity index (χ0) is 25.0. The molecule has 11 heteroatoms. The van der Waals surface area contributed by atoms with Crippen LogP contribution in [-0.4, -0.2) is 43.4 Å². The number of halogens is 5. The number of ether oxygens (including phenoxy) is 1. The van der Waals surface area contributed by atoms with Crippen molar-refractivity contribution in [3.8, 4) is 5.75 Å². The molecule has 0 aromatic heterocycles. The molecule has 5 nitrogen and oxygen atoms in total. The molecule has 1 saturated heterocycles. The summed E-state index contributed by atoms with van der Waals surface area (Å²) in [6.45, 7) is 6.58. The van der Waals surface area contributed by atoms with Gasteiger partial charge in [-0.3, -0.25) is 9.69 Å². The molecule has 0 bridgehead atoms. The molecule has 34 heavy (non-hydrogen) atoms. The SMILES string of the molecule is CC(=Nc1ccc(S(F)(F)(F)(F)F)cc1C)N(C=O)c1ccc(OCCCN2CCCC2)cc1. The zero-order valence-corrected chi connectivity index (χ0v) is 19.8. The fraction of sp³-hybridized carbons (Fsp3) is 0.391. The molecule has 1 fully saturated rings.